The monoisotopic (exact) mass is 382 g/mol. The Labute approximate surface area is 169 Å². The fraction of sp³-hybridized carbons (Fsp3) is 0.304. The van der Waals surface area contributed by atoms with E-state index >= 15 is 0 Å². The molecule has 0 spiro atoms. The van der Waals surface area contributed by atoms with E-state index in [0.29, 0.717) is 18.0 Å². The summed E-state index contributed by atoms with van der Waals surface area (Å²) in [4.78, 5) is 12.5. The molecule has 0 radical (unpaired) electrons. The van der Waals surface area contributed by atoms with Crippen LogP contribution in [0.25, 0.3) is 33.7 Å². The highest BCUT2D eigenvalue weighted by atomic mass is 15.3. The molecule has 3 heterocycles. The molecule has 0 amide bonds. The number of hydrogen-bond acceptors (Lipinski definition) is 4. The minimum Gasteiger partial charge on any atom is -0.336 e. The second kappa shape index (κ2) is 7.51. The lowest BCUT2D eigenvalue weighted by Gasteiger charge is -2.21. The van der Waals surface area contributed by atoms with Crippen LogP contribution in [0.1, 0.15) is 38.1 Å². The minimum atomic E-state index is 0.148. The van der Waals surface area contributed by atoms with Gasteiger partial charge in [0, 0.05) is 29.1 Å². The first-order chi connectivity index (χ1) is 14.3. The smallest absolute Gasteiger partial charge is 0.178 e. The van der Waals surface area contributed by atoms with E-state index in [4.69, 9.17) is 0 Å². The lowest BCUT2D eigenvalue weighted by Crippen LogP contribution is -2.17. The minimum absolute atomic E-state index is 0.148. The molecule has 6 heteroatoms. The molecule has 1 atom stereocenters. The quantitative estimate of drug-likeness (QED) is 0.518. The second-order valence-corrected chi connectivity index (χ2v) is 7.69. The zero-order valence-electron chi connectivity index (χ0n) is 16.1. The van der Waals surface area contributed by atoms with E-state index in [1.807, 2.05) is 47.3 Å². The predicted octanol–water partition coefficient (Wildman–Crippen LogP) is 5.13. The summed E-state index contributed by atoms with van der Waals surface area (Å²) >= 11 is 0. The fourth-order valence-electron chi connectivity index (χ4n) is 4.45. The van der Waals surface area contributed by atoms with Crippen LogP contribution in [0.5, 0.6) is 0 Å². The highest BCUT2D eigenvalue weighted by Crippen LogP contribution is 2.37. The molecule has 1 aliphatic carbocycles. The number of nitrogens with zero attached hydrogens (tertiary/aromatic N) is 5. The molecule has 144 valence electrons. The Morgan fingerprint density at radius 1 is 1.14 bits per heavy atom. The number of rotatable bonds is 5. The van der Waals surface area contributed by atoms with Gasteiger partial charge < -0.3 is 4.98 Å². The number of pyridine rings is 1. The molecule has 0 aliphatic heterocycles. The molecule has 0 bridgehead atoms. The Bertz CT molecular complexity index is 1160. The van der Waals surface area contributed by atoms with Crippen LogP contribution in [0, 0.1) is 17.2 Å². The zero-order chi connectivity index (χ0) is 19.6. The van der Waals surface area contributed by atoms with Crippen LogP contribution in [-0.2, 0) is 0 Å². The first kappa shape index (κ1) is 17.6. The van der Waals surface area contributed by atoms with E-state index in [1.165, 1.54) is 25.7 Å². The Balaban J connectivity index is 1.53. The SMILES string of the molecule is N#CCC(C1CCCC1)n1cc(-c2ccnc3nc(-c4ccccc4)[nH]c23)cn1. The third-order valence-electron chi connectivity index (χ3n) is 5.94. The predicted molar refractivity (Wildman–Crippen MR) is 112 cm³/mol. The number of aromatic amines is 1. The van der Waals surface area contributed by atoms with Crippen LogP contribution in [0.2, 0.25) is 0 Å². The van der Waals surface area contributed by atoms with Crippen LogP contribution < -0.4 is 0 Å². The Hall–Kier alpha value is -3.46. The standard InChI is InChI=1S/C23H22N6/c24-12-10-20(16-6-4-5-7-16)29-15-18(14-26-29)19-11-13-25-23-21(19)27-22(28-23)17-8-2-1-3-9-17/h1-3,8-9,11,13-16,20H,4-7,10H2,(H,25,27,28). The molecule has 0 saturated heterocycles. The van der Waals surface area contributed by atoms with Gasteiger partial charge in [-0.25, -0.2) is 9.97 Å². The number of nitriles is 1. The number of benzene rings is 1. The molecule has 1 fully saturated rings. The molecule has 1 N–H and O–H groups in total. The van der Waals surface area contributed by atoms with Crippen molar-refractivity contribution in [3.05, 3.63) is 55.0 Å². The maximum absolute atomic E-state index is 9.32. The lowest BCUT2D eigenvalue weighted by molar-refractivity contribution is 0.315. The maximum atomic E-state index is 9.32. The molecule has 1 saturated carbocycles. The van der Waals surface area contributed by atoms with Gasteiger partial charge >= 0.3 is 0 Å². The number of H-pyrrole nitrogens is 1. The first-order valence-corrected chi connectivity index (χ1v) is 10.1. The molecule has 4 aromatic rings. The Morgan fingerprint density at radius 2 is 1.97 bits per heavy atom. The molecule has 1 unspecified atom stereocenters. The van der Waals surface area contributed by atoms with Gasteiger partial charge in [0.25, 0.3) is 0 Å². The summed E-state index contributed by atoms with van der Waals surface area (Å²) in [5.41, 5.74) is 4.67. The van der Waals surface area contributed by atoms with E-state index in [1.54, 1.807) is 6.20 Å². The maximum Gasteiger partial charge on any atom is 0.178 e. The van der Waals surface area contributed by atoms with Gasteiger partial charge in [0.2, 0.25) is 0 Å². The van der Waals surface area contributed by atoms with E-state index < -0.39 is 0 Å². The largest absolute Gasteiger partial charge is 0.336 e. The third kappa shape index (κ3) is 3.29. The van der Waals surface area contributed by atoms with Crippen LogP contribution >= 0.6 is 0 Å². The summed E-state index contributed by atoms with van der Waals surface area (Å²) in [5, 5.41) is 14.0. The van der Waals surface area contributed by atoms with Crippen molar-refractivity contribution in [1.29, 1.82) is 5.26 Å². The first-order valence-electron chi connectivity index (χ1n) is 10.1. The molecular weight excluding hydrogens is 360 g/mol. The topological polar surface area (TPSA) is 83.2 Å². The van der Waals surface area contributed by atoms with Gasteiger partial charge in [0.15, 0.2) is 5.65 Å². The van der Waals surface area contributed by atoms with Crippen LogP contribution in [-0.4, -0.2) is 24.7 Å². The molecule has 29 heavy (non-hydrogen) atoms. The second-order valence-electron chi connectivity index (χ2n) is 7.69. The van der Waals surface area contributed by atoms with Crippen LogP contribution in [0.3, 0.4) is 0 Å². The Kier molecular flexibility index (Phi) is 4.57. The van der Waals surface area contributed by atoms with E-state index in [-0.39, 0.29) is 6.04 Å². The number of aromatic nitrogens is 5. The lowest BCUT2D eigenvalue weighted by atomic mass is 9.96. The highest BCUT2D eigenvalue weighted by Gasteiger charge is 2.27. The van der Waals surface area contributed by atoms with Gasteiger partial charge in [-0.05, 0) is 24.8 Å². The number of nitrogens with one attached hydrogen (secondary N) is 1. The van der Waals surface area contributed by atoms with Crippen molar-refractivity contribution >= 4 is 11.2 Å². The van der Waals surface area contributed by atoms with Crippen molar-refractivity contribution in [3.8, 4) is 28.6 Å². The molecule has 3 aromatic heterocycles. The molecule has 1 aliphatic rings. The summed E-state index contributed by atoms with van der Waals surface area (Å²) in [7, 11) is 0. The summed E-state index contributed by atoms with van der Waals surface area (Å²) in [6.07, 6.45) is 11.1. The van der Waals surface area contributed by atoms with E-state index in [0.717, 1.165) is 28.0 Å². The van der Waals surface area contributed by atoms with Crippen molar-refractivity contribution in [3.63, 3.8) is 0 Å². The number of imidazole rings is 1. The summed E-state index contributed by atoms with van der Waals surface area (Å²) in [5.74, 6) is 1.35. The van der Waals surface area contributed by atoms with Crippen molar-refractivity contribution in [2.24, 2.45) is 5.92 Å². The van der Waals surface area contributed by atoms with Crippen molar-refractivity contribution < 1.29 is 0 Å². The summed E-state index contributed by atoms with van der Waals surface area (Å²) in [6.45, 7) is 0. The average molecular weight is 382 g/mol. The summed E-state index contributed by atoms with van der Waals surface area (Å²) < 4.78 is 2.00. The molecule has 5 rings (SSSR count). The number of fused-ring (bicyclic) bond motifs is 1. The van der Waals surface area contributed by atoms with Crippen molar-refractivity contribution in [1.82, 2.24) is 24.7 Å². The van der Waals surface area contributed by atoms with Gasteiger partial charge in [0.05, 0.1) is 30.2 Å². The third-order valence-corrected chi connectivity index (χ3v) is 5.94. The zero-order valence-corrected chi connectivity index (χ0v) is 16.1. The van der Waals surface area contributed by atoms with Gasteiger partial charge in [-0.3, -0.25) is 4.68 Å². The summed E-state index contributed by atoms with van der Waals surface area (Å²) in [6, 6.07) is 14.5. The van der Waals surface area contributed by atoms with E-state index in [9.17, 15) is 5.26 Å². The van der Waals surface area contributed by atoms with Gasteiger partial charge in [0.1, 0.15) is 5.82 Å². The average Bonchev–Trinajstić information content (AvgIpc) is 3.53. The normalized spacial score (nSPS) is 15.6. The fourth-order valence-corrected chi connectivity index (χ4v) is 4.45. The van der Waals surface area contributed by atoms with E-state index in [2.05, 4.69) is 32.3 Å². The number of hydrogen-bond donors (Lipinski definition) is 1. The van der Waals surface area contributed by atoms with Crippen molar-refractivity contribution in [2.75, 3.05) is 0 Å². The molecule has 6 nitrogen and oxygen atoms in total. The van der Waals surface area contributed by atoms with Gasteiger partial charge in [-0.1, -0.05) is 43.2 Å². The Morgan fingerprint density at radius 3 is 2.76 bits per heavy atom. The highest BCUT2D eigenvalue weighted by molar-refractivity contribution is 5.91. The van der Waals surface area contributed by atoms with Gasteiger partial charge in [-0.2, -0.15) is 10.4 Å². The molecular formula is C23H22N6. The van der Waals surface area contributed by atoms with Crippen molar-refractivity contribution in [2.45, 2.75) is 38.1 Å². The molecule has 1 aromatic carbocycles. The van der Waals surface area contributed by atoms with Crippen LogP contribution in [0.4, 0.5) is 0 Å². The van der Waals surface area contributed by atoms with Crippen LogP contribution in [0.15, 0.2) is 55.0 Å². The van der Waals surface area contributed by atoms with Gasteiger partial charge in [-0.15, -0.1) is 0 Å².